The van der Waals surface area contributed by atoms with E-state index in [0.717, 1.165) is 31.2 Å². The summed E-state index contributed by atoms with van der Waals surface area (Å²) in [5.74, 6) is 2.20. The standard InChI is InChI=1S/C16H27N3O2.HI/c1-13(14-5-7-15(21-4)8-6-14)9-10-18-16(17-2)19-11-12-20-3;/h5-8,13H,9-12H2,1-4H3,(H2,17,18,19);1H. The van der Waals surface area contributed by atoms with Crippen LogP contribution in [0.15, 0.2) is 29.3 Å². The number of rotatable bonds is 8. The molecular formula is C16H28IN3O2. The zero-order valence-corrected chi connectivity index (χ0v) is 16.2. The Labute approximate surface area is 150 Å². The molecule has 0 aliphatic heterocycles. The van der Waals surface area contributed by atoms with E-state index >= 15 is 0 Å². The van der Waals surface area contributed by atoms with Crippen molar-refractivity contribution in [1.82, 2.24) is 10.6 Å². The molecule has 0 aliphatic rings. The first-order valence-electron chi connectivity index (χ1n) is 7.28. The van der Waals surface area contributed by atoms with Crippen LogP contribution in [0.3, 0.4) is 0 Å². The smallest absolute Gasteiger partial charge is 0.191 e. The molecule has 1 aromatic carbocycles. The van der Waals surface area contributed by atoms with Crippen molar-refractivity contribution >= 4 is 29.9 Å². The molecule has 0 aromatic heterocycles. The summed E-state index contributed by atoms with van der Waals surface area (Å²) >= 11 is 0. The maximum Gasteiger partial charge on any atom is 0.191 e. The predicted molar refractivity (Wildman–Crippen MR) is 103 cm³/mol. The lowest BCUT2D eigenvalue weighted by Crippen LogP contribution is -2.39. The summed E-state index contributed by atoms with van der Waals surface area (Å²) in [4.78, 5) is 4.17. The number of aliphatic imine (C=N–C) groups is 1. The average Bonchev–Trinajstić information content (AvgIpc) is 2.53. The molecule has 0 heterocycles. The molecular weight excluding hydrogens is 393 g/mol. The van der Waals surface area contributed by atoms with E-state index < -0.39 is 0 Å². The molecule has 126 valence electrons. The lowest BCUT2D eigenvalue weighted by atomic mass is 9.98. The first-order valence-corrected chi connectivity index (χ1v) is 7.28. The third-order valence-electron chi connectivity index (χ3n) is 3.38. The predicted octanol–water partition coefficient (Wildman–Crippen LogP) is 2.62. The quantitative estimate of drug-likeness (QED) is 0.293. The van der Waals surface area contributed by atoms with Crippen LogP contribution >= 0.6 is 24.0 Å². The number of hydrogen-bond acceptors (Lipinski definition) is 3. The van der Waals surface area contributed by atoms with Gasteiger partial charge in [0, 0.05) is 27.2 Å². The Morgan fingerprint density at radius 3 is 2.32 bits per heavy atom. The molecule has 0 bridgehead atoms. The number of nitrogens with zero attached hydrogens (tertiary/aromatic N) is 1. The Morgan fingerprint density at radius 2 is 1.77 bits per heavy atom. The highest BCUT2D eigenvalue weighted by atomic mass is 127. The molecule has 1 aromatic rings. The van der Waals surface area contributed by atoms with Crippen molar-refractivity contribution in [2.45, 2.75) is 19.3 Å². The number of halogens is 1. The van der Waals surface area contributed by atoms with Gasteiger partial charge in [0.2, 0.25) is 0 Å². The molecule has 1 rings (SSSR count). The monoisotopic (exact) mass is 421 g/mol. The van der Waals surface area contributed by atoms with Gasteiger partial charge in [0.15, 0.2) is 5.96 Å². The zero-order valence-electron chi connectivity index (χ0n) is 13.9. The third-order valence-corrected chi connectivity index (χ3v) is 3.38. The fourth-order valence-corrected chi connectivity index (χ4v) is 2.00. The van der Waals surface area contributed by atoms with E-state index in [1.165, 1.54) is 5.56 Å². The molecule has 0 saturated heterocycles. The van der Waals surface area contributed by atoms with Gasteiger partial charge in [-0.2, -0.15) is 0 Å². The number of hydrogen-bond donors (Lipinski definition) is 2. The van der Waals surface area contributed by atoms with Crippen molar-refractivity contribution in [3.8, 4) is 5.75 Å². The van der Waals surface area contributed by atoms with E-state index in [9.17, 15) is 0 Å². The summed E-state index contributed by atoms with van der Waals surface area (Å²) in [6.07, 6.45) is 1.04. The SMILES string of the molecule is CN=C(NCCOC)NCCC(C)c1ccc(OC)cc1.I. The van der Waals surface area contributed by atoms with E-state index in [-0.39, 0.29) is 24.0 Å². The Morgan fingerprint density at radius 1 is 1.14 bits per heavy atom. The van der Waals surface area contributed by atoms with E-state index in [1.807, 2.05) is 12.1 Å². The highest BCUT2D eigenvalue weighted by molar-refractivity contribution is 14.0. The van der Waals surface area contributed by atoms with Gasteiger partial charge in [0.25, 0.3) is 0 Å². The normalized spacial score (nSPS) is 12.3. The molecule has 5 nitrogen and oxygen atoms in total. The van der Waals surface area contributed by atoms with E-state index in [0.29, 0.717) is 12.5 Å². The van der Waals surface area contributed by atoms with Crippen LogP contribution in [0.25, 0.3) is 0 Å². The molecule has 1 atom stereocenters. The highest BCUT2D eigenvalue weighted by Crippen LogP contribution is 2.21. The van der Waals surface area contributed by atoms with Gasteiger partial charge in [-0.25, -0.2) is 0 Å². The number of guanidine groups is 1. The molecule has 22 heavy (non-hydrogen) atoms. The minimum atomic E-state index is 0. The van der Waals surface area contributed by atoms with Gasteiger partial charge in [0.1, 0.15) is 5.75 Å². The van der Waals surface area contributed by atoms with Crippen LogP contribution in [-0.4, -0.2) is 46.9 Å². The zero-order chi connectivity index (χ0) is 15.5. The van der Waals surface area contributed by atoms with Crippen LogP contribution in [0.2, 0.25) is 0 Å². The molecule has 2 N–H and O–H groups in total. The van der Waals surface area contributed by atoms with Gasteiger partial charge in [-0.05, 0) is 30.0 Å². The van der Waals surface area contributed by atoms with Gasteiger partial charge in [-0.3, -0.25) is 4.99 Å². The Kier molecular flexibility index (Phi) is 11.9. The second kappa shape index (κ2) is 12.5. The van der Waals surface area contributed by atoms with Crippen molar-refractivity contribution in [3.05, 3.63) is 29.8 Å². The van der Waals surface area contributed by atoms with Crippen molar-refractivity contribution in [2.24, 2.45) is 4.99 Å². The van der Waals surface area contributed by atoms with Crippen LogP contribution in [0.5, 0.6) is 5.75 Å². The Balaban J connectivity index is 0.00000441. The van der Waals surface area contributed by atoms with Crippen LogP contribution < -0.4 is 15.4 Å². The molecule has 0 saturated carbocycles. The molecule has 0 radical (unpaired) electrons. The number of nitrogens with one attached hydrogen (secondary N) is 2. The number of methoxy groups -OCH3 is 2. The Bertz CT molecular complexity index is 424. The van der Waals surface area contributed by atoms with E-state index in [4.69, 9.17) is 9.47 Å². The summed E-state index contributed by atoms with van der Waals surface area (Å²) in [7, 11) is 5.15. The third kappa shape index (κ3) is 7.84. The maximum atomic E-state index is 5.18. The van der Waals surface area contributed by atoms with Crippen molar-refractivity contribution in [3.63, 3.8) is 0 Å². The topological polar surface area (TPSA) is 54.9 Å². The molecule has 1 unspecified atom stereocenters. The number of benzene rings is 1. The van der Waals surface area contributed by atoms with Crippen molar-refractivity contribution < 1.29 is 9.47 Å². The first kappa shape index (κ1) is 21.0. The fraction of sp³-hybridized carbons (Fsp3) is 0.562. The molecule has 0 fully saturated rings. The summed E-state index contributed by atoms with van der Waals surface area (Å²) < 4.78 is 10.2. The van der Waals surface area contributed by atoms with Gasteiger partial charge in [-0.1, -0.05) is 19.1 Å². The van der Waals surface area contributed by atoms with Gasteiger partial charge >= 0.3 is 0 Å². The van der Waals surface area contributed by atoms with Gasteiger partial charge in [-0.15, -0.1) is 24.0 Å². The molecule has 0 spiro atoms. The molecule has 0 amide bonds. The summed E-state index contributed by atoms with van der Waals surface area (Å²) in [6.45, 7) is 4.53. The van der Waals surface area contributed by atoms with Crippen LogP contribution in [0, 0.1) is 0 Å². The van der Waals surface area contributed by atoms with Crippen LogP contribution in [0.4, 0.5) is 0 Å². The second-order valence-electron chi connectivity index (χ2n) is 4.88. The lowest BCUT2D eigenvalue weighted by molar-refractivity contribution is 0.203. The highest BCUT2D eigenvalue weighted by Gasteiger charge is 2.06. The fourth-order valence-electron chi connectivity index (χ4n) is 2.00. The molecule has 0 aliphatic carbocycles. The minimum Gasteiger partial charge on any atom is -0.497 e. The second-order valence-corrected chi connectivity index (χ2v) is 4.88. The van der Waals surface area contributed by atoms with Crippen LogP contribution in [0.1, 0.15) is 24.8 Å². The summed E-state index contributed by atoms with van der Waals surface area (Å²) in [5.41, 5.74) is 1.32. The Hall–Kier alpha value is -1.02. The maximum absolute atomic E-state index is 5.18. The molecule has 6 heteroatoms. The summed E-state index contributed by atoms with van der Waals surface area (Å²) in [6, 6.07) is 8.25. The van der Waals surface area contributed by atoms with Crippen molar-refractivity contribution in [1.29, 1.82) is 0 Å². The first-order chi connectivity index (χ1) is 10.2. The van der Waals surface area contributed by atoms with Crippen LogP contribution in [-0.2, 0) is 4.74 Å². The van der Waals surface area contributed by atoms with Crippen molar-refractivity contribution in [2.75, 3.05) is 41.0 Å². The van der Waals surface area contributed by atoms with Gasteiger partial charge < -0.3 is 20.1 Å². The average molecular weight is 421 g/mol. The minimum absolute atomic E-state index is 0. The summed E-state index contributed by atoms with van der Waals surface area (Å²) in [5, 5.41) is 6.51. The van der Waals surface area contributed by atoms with E-state index in [1.54, 1.807) is 21.3 Å². The van der Waals surface area contributed by atoms with Gasteiger partial charge in [0.05, 0.1) is 13.7 Å². The number of ether oxygens (including phenoxy) is 2. The van der Waals surface area contributed by atoms with E-state index in [2.05, 4.69) is 34.7 Å². The lowest BCUT2D eigenvalue weighted by Gasteiger charge is -2.15. The largest absolute Gasteiger partial charge is 0.497 e.